The van der Waals surface area contributed by atoms with Crippen LogP contribution in [0.1, 0.15) is 31.3 Å². The number of furan rings is 1. The van der Waals surface area contributed by atoms with Gasteiger partial charge in [0.2, 0.25) is 5.91 Å². The molecule has 0 unspecified atom stereocenters. The van der Waals surface area contributed by atoms with Crippen LogP contribution in [-0.2, 0) is 4.79 Å². The van der Waals surface area contributed by atoms with Crippen LogP contribution >= 0.6 is 11.6 Å². The highest BCUT2D eigenvalue weighted by Gasteiger charge is 2.31. The van der Waals surface area contributed by atoms with Gasteiger partial charge in [-0.1, -0.05) is 32.4 Å². The van der Waals surface area contributed by atoms with Crippen LogP contribution in [0.5, 0.6) is 0 Å². The van der Waals surface area contributed by atoms with E-state index in [0.29, 0.717) is 42.5 Å². The first-order valence-corrected chi connectivity index (χ1v) is 8.41. The third kappa shape index (κ3) is 3.26. The lowest BCUT2D eigenvalue weighted by molar-refractivity contribution is -0.140. The normalized spacial score (nSPS) is 15.8. The molecule has 1 aliphatic rings. The van der Waals surface area contributed by atoms with Crippen LogP contribution in [0.4, 0.5) is 0 Å². The summed E-state index contributed by atoms with van der Waals surface area (Å²) in [7, 11) is 0. The second kappa shape index (κ2) is 6.13. The minimum Gasteiger partial charge on any atom is -0.451 e. The number of hydrogen-bond donors (Lipinski definition) is 0. The second-order valence-corrected chi connectivity index (χ2v) is 7.56. The molecule has 0 atom stereocenters. The highest BCUT2D eigenvalue weighted by atomic mass is 35.5. The molecule has 0 bridgehead atoms. The predicted molar refractivity (Wildman–Crippen MR) is 93.2 cm³/mol. The molecule has 1 saturated heterocycles. The molecule has 24 heavy (non-hydrogen) atoms. The quantitative estimate of drug-likeness (QED) is 0.793. The first-order chi connectivity index (χ1) is 11.3. The Morgan fingerprint density at radius 2 is 1.67 bits per heavy atom. The highest BCUT2D eigenvalue weighted by molar-refractivity contribution is 6.31. The number of rotatable bonds is 1. The van der Waals surface area contributed by atoms with E-state index in [9.17, 15) is 9.59 Å². The molecule has 2 heterocycles. The second-order valence-electron chi connectivity index (χ2n) is 7.13. The maximum Gasteiger partial charge on any atom is 0.289 e. The number of benzene rings is 1. The number of nitrogens with zero attached hydrogens (tertiary/aromatic N) is 2. The van der Waals surface area contributed by atoms with Gasteiger partial charge in [0, 0.05) is 42.0 Å². The summed E-state index contributed by atoms with van der Waals surface area (Å²) in [6.45, 7) is 7.85. The molecule has 5 nitrogen and oxygen atoms in total. The van der Waals surface area contributed by atoms with E-state index in [-0.39, 0.29) is 11.8 Å². The van der Waals surface area contributed by atoms with Gasteiger partial charge in [0.15, 0.2) is 5.76 Å². The van der Waals surface area contributed by atoms with Crippen molar-refractivity contribution in [1.82, 2.24) is 9.80 Å². The minimum absolute atomic E-state index is 0.118. The molecule has 3 rings (SSSR count). The lowest BCUT2D eigenvalue weighted by Crippen LogP contribution is -2.53. The van der Waals surface area contributed by atoms with Crippen molar-refractivity contribution in [2.24, 2.45) is 5.41 Å². The summed E-state index contributed by atoms with van der Waals surface area (Å²) in [5.74, 6) is 0.279. The zero-order valence-electron chi connectivity index (χ0n) is 14.1. The molecule has 0 spiro atoms. The van der Waals surface area contributed by atoms with E-state index in [4.69, 9.17) is 16.0 Å². The van der Waals surface area contributed by atoms with Crippen LogP contribution in [-0.4, -0.2) is 47.8 Å². The van der Waals surface area contributed by atoms with Gasteiger partial charge in [0.25, 0.3) is 5.91 Å². The lowest BCUT2D eigenvalue weighted by atomic mass is 9.94. The molecule has 6 heteroatoms. The first-order valence-electron chi connectivity index (χ1n) is 8.03. The molecule has 0 saturated carbocycles. The van der Waals surface area contributed by atoms with E-state index in [1.807, 2.05) is 25.7 Å². The topological polar surface area (TPSA) is 53.8 Å². The van der Waals surface area contributed by atoms with Crippen molar-refractivity contribution >= 4 is 34.4 Å². The summed E-state index contributed by atoms with van der Waals surface area (Å²) < 4.78 is 5.64. The van der Waals surface area contributed by atoms with Crippen molar-refractivity contribution < 1.29 is 14.0 Å². The van der Waals surface area contributed by atoms with Crippen LogP contribution in [0.15, 0.2) is 28.7 Å². The number of carbonyl (C=O) groups excluding carboxylic acids is 2. The Hall–Kier alpha value is -2.01. The molecular formula is C18H21ClN2O3. The van der Waals surface area contributed by atoms with E-state index in [1.54, 1.807) is 29.2 Å². The molecule has 1 aliphatic heterocycles. The fourth-order valence-corrected chi connectivity index (χ4v) is 3.04. The molecule has 1 aromatic carbocycles. The van der Waals surface area contributed by atoms with Gasteiger partial charge in [0.05, 0.1) is 0 Å². The van der Waals surface area contributed by atoms with Crippen molar-refractivity contribution in [1.29, 1.82) is 0 Å². The third-order valence-corrected chi connectivity index (χ3v) is 4.42. The van der Waals surface area contributed by atoms with Crippen molar-refractivity contribution in [3.63, 3.8) is 0 Å². The van der Waals surface area contributed by atoms with Gasteiger partial charge in [-0.25, -0.2) is 0 Å². The Bertz CT molecular complexity index is 783. The van der Waals surface area contributed by atoms with Crippen molar-refractivity contribution in [2.75, 3.05) is 26.2 Å². The first kappa shape index (κ1) is 16.8. The highest BCUT2D eigenvalue weighted by Crippen LogP contribution is 2.24. The maximum absolute atomic E-state index is 12.6. The monoisotopic (exact) mass is 348 g/mol. The number of hydrogen-bond acceptors (Lipinski definition) is 3. The van der Waals surface area contributed by atoms with E-state index in [0.717, 1.165) is 5.39 Å². The molecule has 1 aromatic heterocycles. The van der Waals surface area contributed by atoms with Gasteiger partial charge in [-0.15, -0.1) is 0 Å². The Balaban J connectivity index is 1.69. The third-order valence-electron chi connectivity index (χ3n) is 4.18. The summed E-state index contributed by atoms with van der Waals surface area (Å²) in [4.78, 5) is 28.5. The molecule has 0 N–H and O–H groups in total. The average molecular weight is 349 g/mol. The van der Waals surface area contributed by atoms with Crippen LogP contribution < -0.4 is 0 Å². The average Bonchev–Trinajstić information content (AvgIpc) is 2.95. The van der Waals surface area contributed by atoms with Gasteiger partial charge >= 0.3 is 0 Å². The van der Waals surface area contributed by atoms with Gasteiger partial charge in [0.1, 0.15) is 5.58 Å². The van der Waals surface area contributed by atoms with Gasteiger partial charge < -0.3 is 14.2 Å². The molecule has 0 aliphatic carbocycles. The van der Waals surface area contributed by atoms with Crippen LogP contribution in [0.25, 0.3) is 11.0 Å². The molecule has 2 aromatic rings. The van der Waals surface area contributed by atoms with E-state index < -0.39 is 5.41 Å². The fraction of sp³-hybridized carbons (Fsp3) is 0.444. The van der Waals surface area contributed by atoms with Crippen molar-refractivity contribution in [2.45, 2.75) is 20.8 Å². The summed E-state index contributed by atoms with van der Waals surface area (Å²) in [6, 6.07) is 6.99. The molecular weight excluding hydrogens is 328 g/mol. The summed E-state index contributed by atoms with van der Waals surface area (Å²) in [6.07, 6.45) is 0. The zero-order chi connectivity index (χ0) is 17.5. The number of halogens is 1. The van der Waals surface area contributed by atoms with Gasteiger partial charge in [-0.05, 0) is 24.3 Å². The van der Waals surface area contributed by atoms with Gasteiger partial charge in [-0.3, -0.25) is 9.59 Å². The summed E-state index contributed by atoms with van der Waals surface area (Å²) in [5.41, 5.74) is 0.244. The largest absolute Gasteiger partial charge is 0.451 e. The number of carbonyl (C=O) groups is 2. The Morgan fingerprint density at radius 1 is 1.04 bits per heavy atom. The predicted octanol–water partition coefficient (Wildman–Crippen LogP) is 3.42. The van der Waals surface area contributed by atoms with Crippen molar-refractivity contribution in [3.8, 4) is 0 Å². The molecule has 0 radical (unpaired) electrons. The maximum atomic E-state index is 12.6. The standard InChI is InChI=1S/C18H21ClN2O3/c1-18(2,3)17(23)21-8-6-20(7-9-21)16(22)15-11-12-10-13(19)4-5-14(12)24-15/h4-5,10-11H,6-9H2,1-3H3. The minimum atomic E-state index is -0.399. The summed E-state index contributed by atoms with van der Waals surface area (Å²) >= 11 is 5.96. The summed E-state index contributed by atoms with van der Waals surface area (Å²) in [5, 5.41) is 1.42. The molecule has 1 fully saturated rings. The number of amides is 2. The van der Waals surface area contributed by atoms with Crippen LogP contribution in [0.2, 0.25) is 5.02 Å². The number of piperazine rings is 1. The Kier molecular flexibility index (Phi) is 4.30. The molecule has 128 valence electrons. The SMILES string of the molecule is CC(C)(C)C(=O)N1CCN(C(=O)c2cc3cc(Cl)ccc3o2)CC1. The fourth-order valence-electron chi connectivity index (χ4n) is 2.86. The Morgan fingerprint density at radius 3 is 2.29 bits per heavy atom. The smallest absolute Gasteiger partial charge is 0.289 e. The van der Waals surface area contributed by atoms with Gasteiger partial charge in [-0.2, -0.15) is 0 Å². The van der Waals surface area contributed by atoms with E-state index >= 15 is 0 Å². The zero-order valence-corrected chi connectivity index (χ0v) is 14.9. The van der Waals surface area contributed by atoms with Crippen LogP contribution in [0.3, 0.4) is 0 Å². The lowest BCUT2D eigenvalue weighted by Gasteiger charge is -2.37. The Labute approximate surface area is 146 Å². The molecule has 2 amide bonds. The van der Waals surface area contributed by atoms with Crippen LogP contribution in [0, 0.1) is 5.41 Å². The van der Waals surface area contributed by atoms with E-state index in [1.165, 1.54) is 0 Å². The number of fused-ring (bicyclic) bond motifs is 1. The van der Waals surface area contributed by atoms with E-state index in [2.05, 4.69) is 0 Å². The van der Waals surface area contributed by atoms with Crippen molar-refractivity contribution in [3.05, 3.63) is 35.0 Å².